The fourth-order valence-electron chi connectivity index (χ4n) is 20.4. The van der Waals surface area contributed by atoms with Crippen LogP contribution in [0.1, 0.15) is 235 Å². The number of esters is 3. The van der Waals surface area contributed by atoms with Gasteiger partial charge in [0.1, 0.15) is 63.8 Å². The molecule has 0 unspecified atom stereocenters. The maximum atomic E-state index is 14.3. The molecule has 3 aromatic heterocycles. The minimum Gasteiger partial charge on any atom is -0.540 e. The molecule has 37 heteroatoms. The van der Waals surface area contributed by atoms with Gasteiger partial charge in [0.15, 0.2) is 0 Å². The third-order valence-corrected chi connectivity index (χ3v) is 28.8. The van der Waals surface area contributed by atoms with Gasteiger partial charge in [-0.15, -0.1) is 0 Å². The van der Waals surface area contributed by atoms with E-state index in [2.05, 4.69) is 6.29 Å². The molecule has 6 bridgehead atoms. The summed E-state index contributed by atoms with van der Waals surface area (Å²) in [5, 5.41) is 0. The van der Waals surface area contributed by atoms with Gasteiger partial charge in [0.25, 0.3) is 0 Å². The van der Waals surface area contributed by atoms with Gasteiger partial charge < -0.3 is 71.7 Å². The van der Waals surface area contributed by atoms with Crippen molar-refractivity contribution in [2.75, 3.05) is 47.6 Å². The molecule has 18 atom stereocenters. The summed E-state index contributed by atoms with van der Waals surface area (Å²) >= 11 is 0. The summed E-state index contributed by atoms with van der Waals surface area (Å²) in [6.45, 7) is 21.4. The second kappa shape index (κ2) is 44.6. The number of benzene rings is 3. The second-order valence-electron chi connectivity index (χ2n) is 40.9. The van der Waals surface area contributed by atoms with Crippen LogP contribution in [0.25, 0.3) is 33.1 Å². The molecule has 0 spiro atoms. The summed E-state index contributed by atoms with van der Waals surface area (Å²) in [6, 6.07) is 13.4. The van der Waals surface area contributed by atoms with Crippen LogP contribution < -0.4 is 28.4 Å². The summed E-state index contributed by atoms with van der Waals surface area (Å²) in [7, 11) is 4.70. The fourth-order valence-corrected chi connectivity index (χ4v) is 20.4. The van der Waals surface area contributed by atoms with Crippen LogP contribution >= 0.6 is 0 Å². The van der Waals surface area contributed by atoms with E-state index in [0.717, 1.165) is 43.3 Å². The number of carbonyl (C=O) groups excluding carboxylic acids is 9. The molecule has 6 fully saturated rings. The SMILES string of the molecule is CC[C@@H]1[C@@H]2CN(C(=O)[C@H](C(C)(C)C)CC(=O)O[C@]3(C(F)(F)F)C[C@H]3CCCCCc3nc4ccc(OC)cc4nc3O2)[C@@H]1[C-]=O.COc1ccc2nc3c(nc2c1)O[C@H]1CN(C(=O)[C@H](C(C)(C)C)CC(=O)O[C@]2(CC(F)(F)F)C[C@H]2CCCCC3)[C@H]([C-]=O)[C@@H]1C.COc1ccc2nc3c(nc2c1)O[C@H]1CN(C(=O)[C@H](C(C)(C)C)CC(=O)O[C@]2(CCF)C[C@H]2CCCCC3)[C@H]([C-]=O)[C@@H]1C.[V].[V].[V]. The van der Waals surface area contributed by atoms with Crippen LogP contribution in [-0.2, 0) is 132 Å². The van der Waals surface area contributed by atoms with Gasteiger partial charge in [-0.3, -0.25) is 33.2 Å². The first kappa shape index (κ1) is 110. The molecule has 0 N–H and O–H groups in total. The van der Waals surface area contributed by atoms with Gasteiger partial charge in [-0.25, -0.2) is 48.8 Å². The van der Waals surface area contributed by atoms with E-state index < -0.39 is 179 Å². The van der Waals surface area contributed by atoms with E-state index in [-0.39, 0.29) is 131 Å². The molecule has 27 nitrogen and oxygen atoms in total. The summed E-state index contributed by atoms with van der Waals surface area (Å²) in [6.07, 6.45) is 3.61. The van der Waals surface area contributed by atoms with E-state index in [9.17, 15) is 73.9 Å². The van der Waals surface area contributed by atoms with Gasteiger partial charge in [-0.1, -0.05) is 146 Å². The van der Waals surface area contributed by atoms with E-state index in [1.807, 2.05) is 65.4 Å². The maximum absolute atomic E-state index is 14.3. The quantitative estimate of drug-likeness (QED) is 0.0532. The van der Waals surface area contributed by atoms with Crippen LogP contribution in [0.15, 0.2) is 54.6 Å². The Hall–Kier alpha value is -8.43. The molecule has 3 saturated heterocycles. The maximum Gasteiger partial charge on any atom is 0.428 e. The molecule has 6 aliphatic heterocycles. The van der Waals surface area contributed by atoms with Crippen LogP contribution in [0, 0.1) is 69.5 Å². The number of aromatic nitrogens is 6. The number of carbonyl (C=O) groups is 6. The van der Waals surface area contributed by atoms with Crippen molar-refractivity contribution < 1.29 is 172 Å². The zero-order valence-electron chi connectivity index (χ0n) is 80.0. The molecule has 3 saturated carbocycles. The Morgan fingerprint density at radius 2 is 0.772 bits per heavy atom. The first-order valence-corrected chi connectivity index (χ1v) is 46.8. The van der Waals surface area contributed by atoms with Crippen molar-refractivity contribution in [1.82, 2.24) is 44.6 Å². The van der Waals surface area contributed by atoms with E-state index in [4.69, 9.17) is 72.5 Å². The number of nitrogens with zero attached hydrogens (tertiary/aromatic N) is 9. The third kappa shape index (κ3) is 24.9. The number of alkyl halides is 7. The van der Waals surface area contributed by atoms with E-state index in [1.54, 1.807) is 106 Å². The average molecular weight is 2010 g/mol. The Balaban J connectivity index is 0.000000209. The van der Waals surface area contributed by atoms with Gasteiger partial charge in [-0.05, 0) is 141 Å². The van der Waals surface area contributed by atoms with Gasteiger partial charge in [0.2, 0.25) is 41.0 Å². The smallest absolute Gasteiger partial charge is 0.428 e. The van der Waals surface area contributed by atoms with Crippen LogP contribution in [0.3, 0.4) is 0 Å². The third-order valence-electron chi connectivity index (χ3n) is 28.8. The van der Waals surface area contributed by atoms with Crippen molar-refractivity contribution in [2.24, 2.45) is 69.5 Å². The predicted octanol–water partition coefficient (Wildman–Crippen LogP) is 16.7. The monoisotopic (exact) mass is 2010 g/mol. The summed E-state index contributed by atoms with van der Waals surface area (Å²) < 4.78 is 149. The predicted molar refractivity (Wildman–Crippen MR) is 475 cm³/mol. The molecule has 3 amide bonds. The molecule has 9 heterocycles. The Kier molecular flexibility index (Phi) is 35.9. The van der Waals surface area contributed by atoms with Gasteiger partial charge in [0.05, 0.1) is 124 Å². The largest absolute Gasteiger partial charge is 0.540 e. The van der Waals surface area contributed by atoms with Crippen molar-refractivity contribution in [1.29, 1.82) is 0 Å². The molecule has 3 radical (unpaired) electrons. The summed E-state index contributed by atoms with van der Waals surface area (Å²) in [5.41, 5.74) is -1.41. The molecule has 15 rings (SSSR count). The number of ether oxygens (including phenoxy) is 9. The Bertz CT molecular complexity index is 5280. The number of amides is 3. The normalized spacial score (nSPS) is 29.4. The number of hydrogen-bond acceptors (Lipinski definition) is 24. The molecule has 6 aromatic rings. The van der Waals surface area contributed by atoms with Crippen molar-refractivity contribution >= 4 is 87.6 Å². The standard InChI is InChI=1S/2C33H41F3N3O6.C33H43FN3O6.3V/c1-19-26(17-40)39-16-27(19)44-29-24(37-23-12-11-21(43-5)13-25(23)38-29)10-8-6-7-9-20-15-32(20,18-33(34,35)36)45-28(41)14-22(30(39)42)31(2,3)4;1-6-21-26(18-40)39-17-27(21)44-29-24(37-23-13-12-20(43-5)14-25(23)38-29)11-9-7-8-10-19-16-32(19,33(34,35)36)45-28(41)15-22(30(39)42)31(2,3)4;1-20-27(19-38)37-18-28(20)42-30-25(35-24-12-11-22(41-5)15-26(24)36-30)10-8-6-7-9-21-17-33(21,13-14-34)43-29(39)16-23(31(37)40)32(2,3)4;;;/h11-13,19-20,22,26-27H,6-10,14-16,18H2,1-5H3;12-14,19,21-22,26-27H,6-11,15-17H2,1-5H3;11-12,15,20-21,23,27-28H,6-10,13-14,16-18H2,1-5H3;;;/q3*-1;;;/t19-,20+,22+,26+,27-,32-;19-,21+,22-,26-,27+,32-;20-,21+,23+,27+,28-,33+;;;/m010.../s1. The molecular formula is C99H125F7N9O18V3-3. The summed E-state index contributed by atoms with van der Waals surface area (Å²) in [5.74, 6) is -6.03. The molecule has 136 heavy (non-hydrogen) atoms. The number of rotatable bonds is 10. The molecule has 3 aliphatic carbocycles. The van der Waals surface area contributed by atoms with E-state index in [0.29, 0.717) is 139 Å². The number of fused-ring (bicyclic) bond motifs is 15. The number of halogens is 7. The number of aryl methyl sites for hydroxylation is 3. The Labute approximate surface area is 825 Å². The van der Waals surface area contributed by atoms with Crippen molar-refractivity contribution in [3.05, 3.63) is 71.7 Å². The van der Waals surface area contributed by atoms with Gasteiger partial charge >= 0.3 is 30.3 Å². The van der Waals surface area contributed by atoms with Crippen molar-refractivity contribution in [2.45, 2.75) is 303 Å². The number of hydrogen-bond donors (Lipinski definition) is 0. The first-order valence-electron chi connectivity index (χ1n) is 46.8. The minimum atomic E-state index is -4.72. The molecular weight excluding hydrogens is 1890 g/mol. The second-order valence-corrected chi connectivity index (χ2v) is 40.9. The first-order chi connectivity index (χ1) is 62.8. The topological polar surface area (TPSA) is 324 Å². The molecule has 741 valence electrons. The fraction of sp³-hybridized carbons (Fsp3) is 0.667. The van der Waals surface area contributed by atoms with E-state index in [1.165, 1.54) is 14.7 Å². The van der Waals surface area contributed by atoms with Crippen LogP contribution in [0.2, 0.25) is 0 Å². The van der Waals surface area contributed by atoms with Crippen molar-refractivity contribution in [3.63, 3.8) is 0 Å². The number of methoxy groups -OCH3 is 3. The average Bonchev–Trinajstić information content (AvgIpc) is 1.56. The zero-order valence-corrected chi connectivity index (χ0v) is 84.2. The van der Waals surface area contributed by atoms with Crippen LogP contribution in [0.4, 0.5) is 30.7 Å². The Morgan fingerprint density at radius 1 is 0.434 bits per heavy atom. The molecule has 9 aliphatic rings. The van der Waals surface area contributed by atoms with Gasteiger partial charge in [0, 0.05) is 104 Å². The van der Waals surface area contributed by atoms with Crippen LogP contribution in [-0.4, -0.2) is 212 Å². The zero-order chi connectivity index (χ0) is 96.4. The Morgan fingerprint density at radius 3 is 1.12 bits per heavy atom. The van der Waals surface area contributed by atoms with Gasteiger partial charge in [-0.2, -0.15) is 26.3 Å². The molecule has 3 aromatic carbocycles. The van der Waals surface area contributed by atoms with Crippen molar-refractivity contribution in [3.8, 4) is 34.9 Å². The van der Waals surface area contributed by atoms with E-state index >= 15 is 0 Å². The summed E-state index contributed by atoms with van der Waals surface area (Å²) in [4.78, 5) is 152. The van der Waals surface area contributed by atoms with Crippen LogP contribution in [0.5, 0.6) is 34.9 Å². The minimum absolute atomic E-state index is 0.